The number of carbonyl (C=O) groups excluding carboxylic acids is 1. The second kappa shape index (κ2) is 25.2. The maximum absolute atomic E-state index is 11.8. The number of likely N-dealkylation sites (N-methyl/N-ethyl adjacent to an activating group) is 1. The number of hydrogen-bond donors (Lipinski definition) is 1. The minimum Gasteiger partial charge on any atom is -0.748 e. The molecule has 0 aromatic heterocycles. The van der Waals surface area contributed by atoms with Crippen molar-refractivity contribution in [3.8, 4) is 0 Å². The largest absolute Gasteiger partial charge is 0.748 e. The zero-order valence-electron chi connectivity index (χ0n) is 30.7. The van der Waals surface area contributed by atoms with Crippen LogP contribution in [0.4, 0.5) is 0 Å². The molecule has 0 bridgehead atoms. The zero-order chi connectivity index (χ0) is 35.8. The van der Waals surface area contributed by atoms with Crippen molar-refractivity contribution in [2.24, 2.45) is 0 Å². The summed E-state index contributed by atoms with van der Waals surface area (Å²) in [7, 11) is -0.269. The van der Waals surface area contributed by atoms with Crippen LogP contribution in [0.2, 0.25) is 0 Å². The van der Waals surface area contributed by atoms with E-state index in [9.17, 15) is 35.8 Å². The van der Waals surface area contributed by atoms with E-state index < -0.39 is 35.6 Å². The highest BCUT2D eigenvalue weighted by Crippen LogP contribution is 2.31. The average molecular weight is 701 g/mol. The molecule has 0 amide bonds. The predicted octanol–water partition coefficient (Wildman–Crippen LogP) is 6.26. The quantitative estimate of drug-likeness (QED) is 0.0546. The first-order valence-electron chi connectivity index (χ1n) is 18.0. The summed E-state index contributed by atoms with van der Waals surface area (Å²) in [6.45, 7) is 6.27. The van der Waals surface area contributed by atoms with Gasteiger partial charge in [-0.1, -0.05) is 123 Å². The van der Waals surface area contributed by atoms with Crippen molar-refractivity contribution in [2.75, 3.05) is 54.1 Å². The van der Waals surface area contributed by atoms with Crippen LogP contribution in [0.15, 0.2) is 0 Å². The molecule has 0 saturated carbocycles. The number of carbonyl (C=O) groups is 1. The number of aliphatic carboxylic acids is 1. The number of carboxylic acids is 1. The Morgan fingerprint density at radius 1 is 0.587 bits per heavy atom. The van der Waals surface area contributed by atoms with Crippen LogP contribution < -0.4 is 5.11 Å². The fourth-order valence-electron chi connectivity index (χ4n) is 5.95. The fourth-order valence-corrected chi connectivity index (χ4v) is 7.74. The van der Waals surface area contributed by atoms with E-state index in [-0.39, 0.29) is 12.2 Å². The molecule has 0 aromatic rings. The molecular weight excluding hydrogens is 629 g/mol. The highest BCUT2D eigenvalue weighted by molar-refractivity contribution is 7.87. The minimum absolute atomic E-state index is 0.145. The number of nitrogens with zero attached hydrogens (tertiary/aromatic N) is 2. The first-order valence-corrected chi connectivity index (χ1v) is 21.0. The first-order chi connectivity index (χ1) is 21.3. The topological polar surface area (TPSA) is 152 Å². The molecule has 1 N–H and O–H groups in total. The molecule has 0 heterocycles. The van der Waals surface area contributed by atoms with Crippen LogP contribution in [0, 0.1) is 0 Å². The molecule has 0 spiro atoms. The van der Waals surface area contributed by atoms with Crippen molar-refractivity contribution in [1.29, 1.82) is 0 Å². The van der Waals surface area contributed by atoms with E-state index in [1.807, 2.05) is 0 Å². The highest BCUT2D eigenvalue weighted by atomic mass is 32.2. The molecule has 0 aliphatic carbocycles. The van der Waals surface area contributed by atoms with Crippen LogP contribution >= 0.6 is 0 Å². The van der Waals surface area contributed by atoms with E-state index in [4.69, 9.17) is 0 Å². The first kappa shape index (κ1) is 47.3. The smallest absolute Gasteiger partial charge is 0.328 e. The molecule has 0 fully saturated rings. The van der Waals surface area contributed by atoms with Crippen molar-refractivity contribution in [3.05, 3.63) is 0 Å². The van der Waals surface area contributed by atoms with Gasteiger partial charge < -0.3 is 23.4 Å². The summed E-state index contributed by atoms with van der Waals surface area (Å²) in [5.74, 6) is -1.97. The third-order valence-electron chi connectivity index (χ3n) is 8.97. The van der Waals surface area contributed by atoms with E-state index in [0.717, 1.165) is 43.3 Å². The van der Waals surface area contributed by atoms with E-state index in [0.29, 0.717) is 12.8 Å². The number of hydrogen-bond acceptors (Lipinski definition) is 7. The van der Waals surface area contributed by atoms with Crippen molar-refractivity contribution < 1.29 is 44.8 Å². The lowest BCUT2D eigenvalue weighted by Crippen LogP contribution is -2.69. The number of carboxylic acid groups (broad SMARTS) is 1. The van der Waals surface area contributed by atoms with Gasteiger partial charge in [0.25, 0.3) is 4.87 Å². The molecule has 0 saturated heterocycles. The standard InChI is InChI=1S/C17H35NO5S.C17H37NO3S/c1-5-6-7-8-9-10-11-12-13-14-15-17(16(19)20,18(2,3)4)24(21,22)23;1-4-5-6-7-8-9-10-11-12-13-15-18(2,3)16-14-17-22(19,20)21/h5-15H2,1-4H3,(H-,19,20,21,22,23);4-17H2,1-3H3. The SMILES string of the molecule is CCCCCCCCCCCCC(C(=O)[O-])([N+](C)(C)C)S(=O)(=O)O.CCCCCCCCCCCC[N+](C)(C)CCCS(=O)(=O)[O-]. The summed E-state index contributed by atoms with van der Waals surface area (Å²) in [5.41, 5.74) is 0. The van der Waals surface area contributed by atoms with Crippen LogP contribution in [-0.2, 0) is 25.0 Å². The lowest BCUT2D eigenvalue weighted by molar-refractivity contribution is -0.901. The molecule has 0 radical (unpaired) electrons. The Bertz CT molecular complexity index is 980. The maximum atomic E-state index is 11.8. The van der Waals surface area contributed by atoms with Gasteiger partial charge in [-0.05, 0) is 19.3 Å². The second-order valence-corrected chi connectivity index (χ2v) is 17.8. The summed E-state index contributed by atoms with van der Waals surface area (Å²) in [5, 5.41) is 11.5. The van der Waals surface area contributed by atoms with Gasteiger partial charge in [0.05, 0.1) is 58.4 Å². The van der Waals surface area contributed by atoms with Gasteiger partial charge in [0.1, 0.15) is 5.97 Å². The molecule has 12 heteroatoms. The van der Waals surface area contributed by atoms with Crippen LogP contribution in [0.5, 0.6) is 0 Å². The molecule has 0 rings (SSSR count). The Morgan fingerprint density at radius 3 is 1.22 bits per heavy atom. The molecule has 1 unspecified atom stereocenters. The summed E-state index contributed by atoms with van der Waals surface area (Å²) < 4.78 is 65.2. The van der Waals surface area contributed by atoms with Gasteiger partial charge in [0.15, 0.2) is 0 Å². The molecule has 0 aliphatic heterocycles. The summed E-state index contributed by atoms with van der Waals surface area (Å²) in [4.78, 5) is 9.23. The van der Waals surface area contributed by atoms with Gasteiger partial charge in [-0.3, -0.25) is 4.55 Å². The van der Waals surface area contributed by atoms with E-state index in [1.165, 1.54) is 117 Å². The number of quaternary nitrogens is 2. The average Bonchev–Trinajstić information content (AvgIpc) is 2.90. The highest BCUT2D eigenvalue weighted by Gasteiger charge is 2.55. The monoisotopic (exact) mass is 700 g/mol. The summed E-state index contributed by atoms with van der Waals surface area (Å²) >= 11 is 0. The van der Waals surface area contributed by atoms with E-state index >= 15 is 0 Å². The minimum atomic E-state index is -4.78. The number of rotatable bonds is 29. The molecule has 0 aliphatic rings. The van der Waals surface area contributed by atoms with Gasteiger partial charge in [-0.15, -0.1) is 0 Å². The third-order valence-corrected chi connectivity index (χ3v) is 11.5. The second-order valence-electron chi connectivity index (χ2n) is 14.7. The summed E-state index contributed by atoms with van der Waals surface area (Å²) in [6.07, 6.45) is 24.3. The summed E-state index contributed by atoms with van der Waals surface area (Å²) in [6, 6.07) is 0. The lowest BCUT2D eigenvalue weighted by Gasteiger charge is -2.43. The van der Waals surface area contributed by atoms with Gasteiger partial charge in [-0.25, -0.2) is 8.42 Å². The Balaban J connectivity index is 0. The van der Waals surface area contributed by atoms with Gasteiger partial charge >= 0.3 is 10.1 Å². The van der Waals surface area contributed by atoms with Crippen LogP contribution in [0.3, 0.4) is 0 Å². The predicted molar refractivity (Wildman–Crippen MR) is 187 cm³/mol. The van der Waals surface area contributed by atoms with Crippen molar-refractivity contribution in [1.82, 2.24) is 0 Å². The van der Waals surface area contributed by atoms with Crippen molar-refractivity contribution in [2.45, 2.75) is 160 Å². The molecule has 0 aromatic carbocycles. The van der Waals surface area contributed by atoms with Crippen LogP contribution in [-0.4, -0.2) is 99.8 Å². The normalized spacial score (nSPS) is 14.0. The van der Waals surface area contributed by atoms with Crippen LogP contribution in [0.1, 0.15) is 155 Å². The zero-order valence-corrected chi connectivity index (χ0v) is 32.3. The maximum Gasteiger partial charge on any atom is 0.328 e. The molecular formula is C34H72N2O8S2. The fraction of sp³-hybridized carbons (Fsp3) is 0.971. The van der Waals surface area contributed by atoms with Crippen molar-refractivity contribution >= 4 is 26.2 Å². The van der Waals surface area contributed by atoms with Gasteiger partial charge in [0.2, 0.25) is 0 Å². The molecule has 1 atom stereocenters. The van der Waals surface area contributed by atoms with E-state index in [2.05, 4.69) is 27.9 Å². The Kier molecular flexibility index (Phi) is 25.9. The molecule has 10 nitrogen and oxygen atoms in total. The Labute approximate surface area is 284 Å². The molecule has 278 valence electrons. The van der Waals surface area contributed by atoms with Gasteiger partial charge in [0, 0.05) is 18.6 Å². The van der Waals surface area contributed by atoms with Gasteiger partial charge in [-0.2, -0.15) is 8.42 Å². The Morgan fingerprint density at radius 2 is 0.913 bits per heavy atom. The van der Waals surface area contributed by atoms with E-state index in [1.54, 1.807) is 0 Å². The Hall–Kier alpha value is -0.790. The number of unbranched alkanes of at least 4 members (excludes halogenated alkanes) is 18. The van der Waals surface area contributed by atoms with Crippen LogP contribution in [0.25, 0.3) is 0 Å². The molecule has 46 heavy (non-hydrogen) atoms. The van der Waals surface area contributed by atoms with Crippen molar-refractivity contribution in [3.63, 3.8) is 0 Å². The third kappa shape index (κ3) is 23.5. The lowest BCUT2D eigenvalue weighted by atomic mass is 10.0.